The number of carbonyl (C=O) groups is 3. The van der Waals surface area contributed by atoms with Crippen LogP contribution in [-0.4, -0.2) is 24.3 Å². The van der Waals surface area contributed by atoms with E-state index in [2.05, 4.69) is 5.32 Å². The first-order chi connectivity index (χ1) is 13.0. The molecule has 0 aliphatic heterocycles. The summed E-state index contributed by atoms with van der Waals surface area (Å²) in [6.07, 6.45) is 1.40. The zero-order valence-electron chi connectivity index (χ0n) is 14.0. The molecule has 1 aromatic heterocycles. The molecule has 1 heterocycles. The third kappa shape index (κ3) is 4.83. The molecule has 0 atom stereocenters. The monoisotopic (exact) mass is 383 g/mol. The van der Waals surface area contributed by atoms with Crippen LogP contribution in [0.25, 0.3) is 0 Å². The van der Waals surface area contributed by atoms with Crippen LogP contribution in [0.15, 0.2) is 71.3 Å². The van der Waals surface area contributed by atoms with E-state index in [-0.39, 0.29) is 23.7 Å². The van der Waals surface area contributed by atoms with Crippen LogP contribution in [0.2, 0.25) is 5.02 Å². The lowest BCUT2D eigenvalue weighted by Gasteiger charge is -2.06. The predicted molar refractivity (Wildman–Crippen MR) is 99.2 cm³/mol. The molecule has 2 aromatic carbocycles. The number of ketones is 1. The van der Waals surface area contributed by atoms with Crippen LogP contribution in [0.4, 0.5) is 5.69 Å². The van der Waals surface area contributed by atoms with E-state index in [4.69, 9.17) is 20.8 Å². The zero-order chi connectivity index (χ0) is 19.2. The van der Waals surface area contributed by atoms with Crippen LogP contribution < -0.4 is 5.32 Å². The molecule has 0 aliphatic carbocycles. The largest absolute Gasteiger partial charge is 0.459 e. The topological polar surface area (TPSA) is 85.6 Å². The quantitative estimate of drug-likeness (QED) is 0.508. The number of furan rings is 1. The Bertz CT molecular complexity index is 947. The summed E-state index contributed by atoms with van der Waals surface area (Å²) in [5.41, 5.74) is 1.16. The number of hydrogen-bond acceptors (Lipinski definition) is 5. The van der Waals surface area contributed by atoms with Crippen LogP contribution >= 0.6 is 11.6 Å². The number of rotatable bonds is 6. The molecule has 0 radical (unpaired) electrons. The lowest BCUT2D eigenvalue weighted by atomic mass is 10.1. The Balaban J connectivity index is 1.55. The van der Waals surface area contributed by atoms with Gasteiger partial charge in [0.05, 0.1) is 11.8 Å². The van der Waals surface area contributed by atoms with Crippen molar-refractivity contribution >= 4 is 34.9 Å². The summed E-state index contributed by atoms with van der Waals surface area (Å²) < 4.78 is 10.0. The molecule has 6 nitrogen and oxygen atoms in total. The van der Waals surface area contributed by atoms with Gasteiger partial charge in [0.25, 0.3) is 5.91 Å². The Morgan fingerprint density at radius 3 is 2.22 bits per heavy atom. The minimum atomic E-state index is -0.638. The van der Waals surface area contributed by atoms with Crippen LogP contribution in [0, 0.1) is 0 Å². The molecule has 0 spiro atoms. The highest BCUT2D eigenvalue weighted by Crippen LogP contribution is 2.14. The molecule has 7 heteroatoms. The van der Waals surface area contributed by atoms with Gasteiger partial charge in [-0.15, -0.1) is 0 Å². The van der Waals surface area contributed by atoms with Crippen LogP contribution in [-0.2, 0) is 4.74 Å². The molecule has 0 aliphatic rings. The molecule has 27 heavy (non-hydrogen) atoms. The fraction of sp³-hybridized carbons (Fsp3) is 0.0500. The average Bonchev–Trinajstić information content (AvgIpc) is 3.22. The molecule has 0 unspecified atom stereocenters. The average molecular weight is 384 g/mol. The molecular weight excluding hydrogens is 370 g/mol. The molecule has 0 fully saturated rings. The maximum absolute atomic E-state index is 12.1. The first-order valence-corrected chi connectivity index (χ1v) is 8.31. The second-order valence-corrected chi connectivity index (χ2v) is 5.95. The molecule has 0 bridgehead atoms. The van der Waals surface area contributed by atoms with Gasteiger partial charge in [0.15, 0.2) is 18.2 Å². The maximum atomic E-state index is 12.1. The van der Waals surface area contributed by atoms with Gasteiger partial charge in [-0.1, -0.05) is 11.6 Å². The summed E-state index contributed by atoms with van der Waals surface area (Å²) in [5, 5.41) is 3.15. The van der Waals surface area contributed by atoms with Crippen molar-refractivity contribution in [1.29, 1.82) is 0 Å². The summed E-state index contributed by atoms with van der Waals surface area (Å²) in [5.74, 6) is -1.19. The summed E-state index contributed by atoms with van der Waals surface area (Å²) in [6, 6.07) is 15.6. The van der Waals surface area contributed by atoms with Gasteiger partial charge in [-0.25, -0.2) is 4.79 Å². The number of nitrogens with one attached hydrogen (secondary N) is 1. The first kappa shape index (κ1) is 18.4. The van der Waals surface area contributed by atoms with Gasteiger partial charge in [0.1, 0.15) is 0 Å². The maximum Gasteiger partial charge on any atom is 0.338 e. The van der Waals surface area contributed by atoms with Gasteiger partial charge < -0.3 is 14.5 Å². The van der Waals surface area contributed by atoms with Gasteiger partial charge in [-0.2, -0.15) is 0 Å². The van der Waals surface area contributed by atoms with Crippen LogP contribution in [0.5, 0.6) is 0 Å². The van der Waals surface area contributed by atoms with Crippen LogP contribution in [0.1, 0.15) is 31.3 Å². The summed E-state index contributed by atoms with van der Waals surface area (Å²) in [7, 11) is 0. The molecular formula is C20H14ClNO5. The highest BCUT2D eigenvalue weighted by atomic mass is 35.5. The van der Waals surface area contributed by atoms with E-state index in [1.807, 2.05) is 0 Å². The minimum absolute atomic E-state index is 0.180. The van der Waals surface area contributed by atoms with E-state index in [1.54, 1.807) is 48.5 Å². The number of amides is 1. The Labute approximate surface area is 159 Å². The Hall–Kier alpha value is -3.38. The van der Waals surface area contributed by atoms with Crippen molar-refractivity contribution in [3.8, 4) is 0 Å². The van der Waals surface area contributed by atoms with E-state index in [0.717, 1.165) is 0 Å². The number of ether oxygens (including phenoxy) is 1. The number of benzene rings is 2. The van der Waals surface area contributed by atoms with Gasteiger partial charge in [-0.05, 0) is 60.7 Å². The van der Waals surface area contributed by atoms with Crippen LogP contribution in [0.3, 0.4) is 0 Å². The third-order valence-corrected chi connectivity index (χ3v) is 3.88. The molecule has 1 N–H and O–H groups in total. The molecule has 0 saturated carbocycles. The Kier molecular flexibility index (Phi) is 5.68. The van der Waals surface area contributed by atoms with Gasteiger partial charge in [-0.3, -0.25) is 9.59 Å². The predicted octanol–water partition coefficient (Wildman–Crippen LogP) is 4.23. The number of halogens is 1. The van der Waals surface area contributed by atoms with Crippen molar-refractivity contribution in [2.45, 2.75) is 0 Å². The van der Waals surface area contributed by atoms with E-state index >= 15 is 0 Å². The minimum Gasteiger partial charge on any atom is -0.459 e. The normalized spacial score (nSPS) is 10.3. The summed E-state index contributed by atoms with van der Waals surface area (Å²) in [4.78, 5) is 35.9. The van der Waals surface area contributed by atoms with E-state index in [0.29, 0.717) is 16.3 Å². The number of carbonyl (C=O) groups excluding carboxylic acids is 3. The number of esters is 1. The molecule has 136 valence electrons. The standard InChI is InChI=1S/C20H14ClNO5/c21-15-7-3-13(4-8-15)17(23)12-27-20(25)14-5-9-16(10-6-14)22-19(24)18-2-1-11-26-18/h1-11H,12H2,(H,22,24). The molecule has 3 aromatic rings. The lowest BCUT2D eigenvalue weighted by Crippen LogP contribution is -2.14. The van der Waals surface area contributed by atoms with Gasteiger partial charge in [0, 0.05) is 16.3 Å². The zero-order valence-corrected chi connectivity index (χ0v) is 14.7. The fourth-order valence-corrected chi connectivity index (χ4v) is 2.35. The number of anilines is 1. The first-order valence-electron chi connectivity index (χ1n) is 7.94. The fourth-order valence-electron chi connectivity index (χ4n) is 2.22. The van der Waals surface area contributed by atoms with E-state index < -0.39 is 11.9 Å². The third-order valence-electron chi connectivity index (χ3n) is 3.62. The highest BCUT2D eigenvalue weighted by Gasteiger charge is 2.13. The van der Waals surface area contributed by atoms with Crippen molar-refractivity contribution in [2.24, 2.45) is 0 Å². The lowest BCUT2D eigenvalue weighted by molar-refractivity contribution is 0.0475. The van der Waals surface area contributed by atoms with Crippen molar-refractivity contribution in [3.63, 3.8) is 0 Å². The smallest absolute Gasteiger partial charge is 0.338 e. The van der Waals surface area contributed by atoms with Crippen molar-refractivity contribution in [1.82, 2.24) is 0 Å². The van der Waals surface area contributed by atoms with E-state index in [9.17, 15) is 14.4 Å². The summed E-state index contributed by atoms with van der Waals surface area (Å²) >= 11 is 5.77. The van der Waals surface area contributed by atoms with Gasteiger partial charge >= 0.3 is 5.97 Å². The second kappa shape index (κ2) is 8.33. The van der Waals surface area contributed by atoms with Gasteiger partial charge in [0.2, 0.25) is 0 Å². The Morgan fingerprint density at radius 2 is 1.59 bits per heavy atom. The summed E-state index contributed by atoms with van der Waals surface area (Å²) in [6.45, 7) is -0.378. The number of hydrogen-bond donors (Lipinski definition) is 1. The van der Waals surface area contributed by atoms with Crippen molar-refractivity contribution in [3.05, 3.63) is 88.8 Å². The van der Waals surface area contributed by atoms with Crippen molar-refractivity contribution in [2.75, 3.05) is 11.9 Å². The number of Topliss-reactive ketones (excluding diaryl/α,β-unsaturated/α-hetero) is 1. The highest BCUT2D eigenvalue weighted by molar-refractivity contribution is 6.30. The SMILES string of the molecule is O=C(COC(=O)c1ccc(NC(=O)c2ccco2)cc1)c1ccc(Cl)cc1. The molecule has 3 rings (SSSR count). The van der Waals surface area contributed by atoms with Crippen molar-refractivity contribution < 1.29 is 23.5 Å². The second-order valence-electron chi connectivity index (χ2n) is 5.51. The van der Waals surface area contributed by atoms with E-state index in [1.165, 1.54) is 18.4 Å². The molecule has 0 saturated heterocycles. The molecule has 1 amide bonds. The Morgan fingerprint density at radius 1 is 0.926 bits per heavy atom.